The normalized spacial score (nSPS) is 11.7. The summed E-state index contributed by atoms with van der Waals surface area (Å²) in [6, 6.07) is 24.7. The lowest BCUT2D eigenvalue weighted by Crippen LogP contribution is -2.51. The van der Waals surface area contributed by atoms with Crippen LogP contribution in [0.2, 0.25) is 0 Å². The lowest BCUT2D eigenvalue weighted by molar-refractivity contribution is -0.142. The number of amides is 2. The highest BCUT2D eigenvalue weighted by atomic mass is 79.9. The van der Waals surface area contributed by atoms with Gasteiger partial charge in [0.2, 0.25) is 5.91 Å². The van der Waals surface area contributed by atoms with Crippen LogP contribution in [0.1, 0.15) is 43.4 Å². The maximum absolute atomic E-state index is 13.6. The molecule has 3 aromatic rings. The van der Waals surface area contributed by atoms with E-state index in [4.69, 9.17) is 4.74 Å². The molecule has 0 radical (unpaired) electrons. The number of halogens is 1. The van der Waals surface area contributed by atoms with Gasteiger partial charge in [-0.2, -0.15) is 0 Å². The monoisotopic (exact) mass is 536 g/mol. The number of benzene rings is 3. The number of rotatable bonds is 11. The molecular formula is C29H33BrN2O3. The fraction of sp³-hybridized carbons (Fsp3) is 0.310. The van der Waals surface area contributed by atoms with Crippen LogP contribution in [0.3, 0.4) is 0 Å². The zero-order chi connectivity index (χ0) is 25.2. The number of nitrogens with one attached hydrogen (secondary N) is 1. The number of hydrogen-bond donors (Lipinski definition) is 1. The lowest BCUT2D eigenvalue weighted by Gasteiger charge is -2.31. The van der Waals surface area contributed by atoms with Crippen molar-refractivity contribution in [1.29, 1.82) is 0 Å². The Morgan fingerprint density at radius 2 is 1.57 bits per heavy atom. The van der Waals surface area contributed by atoms with E-state index >= 15 is 0 Å². The summed E-state index contributed by atoms with van der Waals surface area (Å²) in [6.45, 7) is 6.76. The Bertz CT molecular complexity index is 1100. The van der Waals surface area contributed by atoms with Crippen LogP contribution in [0.25, 0.3) is 0 Å². The summed E-state index contributed by atoms with van der Waals surface area (Å²) < 4.78 is 6.72. The van der Waals surface area contributed by atoms with Crippen LogP contribution in [-0.4, -0.2) is 35.9 Å². The van der Waals surface area contributed by atoms with Crippen molar-refractivity contribution in [2.24, 2.45) is 0 Å². The molecule has 5 nitrogen and oxygen atoms in total. The second kappa shape index (κ2) is 13.1. The molecule has 3 rings (SSSR count). The molecule has 1 atom stereocenters. The first kappa shape index (κ1) is 26.5. The Kier molecular flexibility index (Phi) is 9.91. The zero-order valence-electron chi connectivity index (χ0n) is 20.5. The number of ether oxygens (including phenoxy) is 1. The van der Waals surface area contributed by atoms with Crippen LogP contribution >= 0.6 is 15.9 Å². The molecule has 0 spiro atoms. The van der Waals surface area contributed by atoms with Gasteiger partial charge in [-0.05, 0) is 57.6 Å². The third kappa shape index (κ3) is 7.69. The molecule has 2 amide bonds. The van der Waals surface area contributed by atoms with Crippen molar-refractivity contribution >= 4 is 27.7 Å². The number of carbonyl (C=O) groups is 2. The molecule has 1 N–H and O–H groups in total. The van der Waals surface area contributed by atoms with Crippen LogP contribution < -0.4 is 10.1 Å². The topological polar surface area (TPSA) is 58.6 Å². The third-order valence-corrected chi connectivity index (χ3v) is 6.41. The zero-order valence-corrected chi connectivity index (χ0v) is 22.1. The number of carbonyl (C=O) groups excluding carboxylic acids is 2. The van der Waals surface area contributed by atoms with E-state index in [-0.39, 0.29) is 18.4 Å². The summed E-state index contributed by atoms with van der Waals surface area (Å²) in [4.78, 5) is 28.3. The molecular weight excluding hydrogens is 504 g/mol. The maximum Gasteiger partial charge on any atom is 0.261 e. The van der Waals surface area contributed by atoms with E-state index in [1.54, 1.807) is 4.90 Å². The minimum Gasteiger partial charge on any atom is -0.483 e. The molecule has 0 saturated carbocycles. The van der Waals surface area contributed by atoms with Gasteiger partial charge in [-0.15, -0.1) is 0 Å². The highest BCUT2D eigenvalue weighted by Gasteiger charge is 2.30. The van der Waals surface area contributed by atoms with Gasteiger partial charge in [0.1, 0.15) is 11.8 Å². The van der Waals surface area contributed by atoms with Gasteiger partial charge in [0, 0.05) is 19.5 Å². The van der Waals surface area contributed by atoms with E-state index in [0.29, 0.717) is 31.2 Å². The number of hydrogen-bond acceptors (Lipinski definition) is 3. The van der Waals surface area contributed by atoms with Crippen LogP contribution in [0.4, 0.5) is 0 Å². The quantitative estimate of drug-likeness (QED) is 0.340. The van der Waals surface area contributed by atoms with E-state index in [2.05, 4.69) is 35.1 Å². The Hall–Kier alpha value is -3.12. The molecule has 0 aliphatic carbocycles. The SMILES string of the molecule is CCNC(=O)[C@H](Cc1ccccc1)N(Cc1ccccc1)C(=O)COc1ccc(C(C)C)cc1Br. The van der Waals surface area contributed by atoms with Gasteiger partial charge in [-0.3, -0.25) is 9.59 Å². The molecule has 0 fully saturated rings. The molecule has 0 aliphatic heterocycles. The van der Waals surface area contributed by atoms with E-state index in [1.165, 1.54) is 5.56 Å². The van der Waals surface area contributed by atoms with Crippen LogP contribution in [0, 0.1) is 0 Å². The molecule has 0 bridgehead atoms. The first-order valence-corrected chi connectivity index (χ1v) is 12.8. The van der Waals surface area contributed by atoms with E-state index in [0.717, 1.165) is 15.6 Å². The minimum absolute atomic E-state index is 0.169. The van der Waals surface area contributed by atoms with Crippen LogP contribution in [0.5, 0.6) is 5.75 Å². The molecule has 184 valence electrons. The van der Waals surface area contributed by atoms with Gasteiger partial charge < -0.3 is 15.0 Å². The van der Waals surface area contributed by atoms with E-state index in [1.807, 2.05) is 85.8 Å². The Labute approximate surface area is 216 Å². The second-order valence-corrected chi connectivity index (χ2v) is 9.59. The van der Waals surface area contributed by atoms with Gasteiger partial charge in [0.05, 0.1) is 4.47 Å². The van der Waals surface area contributed by atoms with E-state index < -0.39 is 6.04 Å². The highest BCUT2D eigenvalue weighted by molar-refractivity contribution is 9.10. The highest BCUT2D eigenvalue weighted by Crippen LogP contribution is 2.29. The van der Waals surface area contributed by atoms with Crippen molar-refractivity contribution in [3.05, 3.63) is 100 Å². The summed E-state index contributed by atoms with van der Waals surface area (Å²) in [5, 5.41) is 2.91. The predicted octanol–water partition coefficient (Wildman–Crippen LogP) is 5.73. The van der Waals surface area contributed by atoms with Gasteiger partial charge in [0.25, 0.3) is 5.91 Å². The largest absolute Gasteiger partial charge is 0.483 e. The van der Waals surface area contributed by atoms with Crippen molar-refractivity contribution in [3.8, 4) is 5.75 Å². The summed E-state index contributed by atoms with van der Waals surface area (Å²) >= 11 is 3.56. The molecule has 0 unspecified atom stereocenters. The number of nitrogens with zero attached hydrogens (tertiary/aromatic N) is 1. The smallest absolute Gasteiger partial charge is 0.261 e. The molecule has 6 heteroatoms. The fourth-order valence-electron chi connectivity index (χ4n) is 3.84. The van der Waals surface area contributed by atoms with Crippen LogP contribution in [-0.2, 0) is 22.6 Å². The lowest BCUT2D eigenvalue weighted by atomic mass is 10.0. The maximum atomic E-state index is 13.6. The van der Waals surface area contributed by atoms with Gasteiger partial charge in [-0.25, -0.2) is 0 Å². The van der Waals surface area contributed by atoms with Gasteiger partial charge in [0.15, 0.2) is 6.61 Å². The van der Waals surface area contributed by atoms with Crippen molar-refractivity contribution in [2.45, 2.75) is 45.7 Å². The standard InChI is InChI=1S/C29H33BrN2O3/c1-4-31-29(34)26(17-22-11-7-5-8-12-22)32(19-23-13-9-6-10-14-23)28(33)20-35-27-16-15-24(21(2)3)18-25(27)30/h5-16,18,21,26H,4,17,19-20H2,1-3H3,(H,31,34)/t26-/m0/s1. The summed E-state index contributed by atoms with van der Waals surface area (Å²) in [6.07, 6.45) is 0.415. The molecule has 0 heterocycles. The minimum atomic E-state index is -0.666. The van der Waals surface area contributed by atoms with Crippen molar-refractivity contribution < 1.29 is 14.3 Å². The average Bonchev–Trinajstić information content (AvgIpc) is 2.86. The Balaban J connectivity index is 1.86. The molecule has 0 aromatic heterocycles. The molecule has 0 saturated heterocycles. The van der Waals surface area contributed by atoms with Crippen molar-refractivity contribution in [1.82, 2.24) is 10.2 Å². The summed E-state index contributed by atoms with van der Waals surface area (Å²) in [7, 11) is 0. The van der Waals surface area contributed by atoms with Gasteiger partial charge >= 0.3 is 0 Å². The van der Waals surface area contributed by atoms with Crippen molar-refractivity contribution in [2.75, 3.05) is 13.2 Å². The first-order valence-electron chi connectivity index (χ1n) is 12.0. The van der Waals surface area contributed by atoms with Crippen LogP contribution in [0.15, 0.2) is 83.3 Å². The molecule has 0 aliphatic rings. The molecule has 3 aromatic carbocycles. The summed E-state index contributed by atoms with van der Waals surface area (Å²) in [5.74, 6) is 0.558. The number of likely N-dealkylation sites (N-methyl/N-ethyl adjacent to an activating group) is 1. The van der Waals surface area contributed by atoms with E-state index in [9.17, 15) is 9.59 Å². The molecule has 35 heavy (non-hydrogen) atoms. The predicted molar refractivity (Wildman–Crippen MR) is 143 cm³/mol. The average molecular weight is 537 g/mol. The summed E-state index contributed by atoms with van der Waals surface area (Å²) in [5.41, 5.74) is 3.12. The van der Waals surface area contributed by atoms with Crippen molar-refractivity contribution in [3.63, 3.8) is 0 Å². The third-order valence-electron chi connectivity index (χ3n) is 5.79. The van der Waals surface area contributed by atoms with Gasteiger partial charge in [-0.1, -0.05) is 80.6 Å². The fourth-order valence-corrected chi connectivity index (χ4v) is 4.35. The Morgan fingerprint density at radius 3 is 2.14 bits per heavy atom. The second-order valence-electron chi connectivity index (χ2n) is 8.74. The Morgan fingerprint density at radius 1 is 0.943 bits per heavy atom. The first-order chi connectivity index (χ1) is 16.9.